The summed E-state index contributed by atoms with van der Waals surface area (Å²) >= 11 is 0. The van der Waals surface area contributed by atoms with Crippen molar-refractivity contribution in [3.05, 3.63) is 0 Å². The van der Waals surface area contributed by atoms with Crippen LogP contribution in [0.3, 0.4) is 0 Å². The molecule has 0 aliphatic heterocycles. The molecule has 0 heterocycles. The van der Waals surface area contributed by atoms with Crippen LogP contribution in [0.25, 0.3) is 0 Å². The molecule has 0 bridgehead atoms. The fraction of sp³-hybridized carbons (Fsp3) is 0. The van der Waals surface area contributed by atoms with Crippen LogP contribution in [-0.2, 0) is 30.2 Å². The third-order valence-electron chi connectivity index (χ3n) is 0. The average Bonchev–Trinajstić information content (AvgIpc) is 1.12. The van der Waals surface area contributed by atoms with E-state index in [-0.39, 0.29) is 21.1 Å². The summed E-state index contributed by atoms with van der Waals surface area (Å²) in [6, 6.07) is 0. The Hall–Kier alpha value is 0.908. The normalized spacial score (nSPS) is 10.7. The number of hydrogen-bond acceptors (Lipinski definition) is 8. The van der Waals surface area contributed by atoms with Crippen molar-refractivity contribution in [1.29, 1.82) is 0 Å². The van der Waals surface area contributed by atoms with E-state index in [9.17, 15) is 0 Å². The maximum absolute atomic E-state index is 8.55. The Morgan fingerprint density at radius 1 is 0.636 bits per heavy atom. The van der Waals surface area contributed by atoms with E-state index in [0.717, 1.165) is 0 Å². The van der Waals surface area contributed by atoms with Gasteiger partial charge in [-0.3, -0.25) is 0 Å². The second-order valence-corrected chi connectivity index (χ2v) is 2.68. The van der Waals surface area contributed by atoms with Gasteiger partial charge in [0.05, 0.1) is 0 Å². The van der Waals surface area contributed by atoms with E-state index in [4.69, 9.17) is 38.5 Å². The van der Waals surface area contributed by atoms with Crippen LogP contribution in [-0.4, -0.2) is 0 Å². The number of phosphoric acid groups is 2. The summed E-state index contributed by atoms with van der Waals surface area (Å²) in [5, 5.41) is 0. The standard InChI is InChI=1S/Mo.2H3O4P/c;2*1-5(2,3)4/h;2*(H3,1,2,3,4)/q+6;;/p-6. The first-order valence-electron chi connectivity index (χ1n) is 1.46. The summed E-state index contributed by atoms with van der Waals surface area (Å²) in [4.78, 5) is 51.3. The molecule has 0 aromatic rings. The minimum absolute atomic E-state index is 0. The minimum Gasteiger partial charge on any atom is -0.822 e. The molecule has 64 valence electrons. The molecule has 0 aliphatic carbocycles. The molecule has 0 atom stereocenters. The molecule has 11 heteroatoms. The van der Waals surface area contributed by atoms with Crippen molar-refractivity contribution in [2.75, 3.05) is 0 Å². The molecule has 0 aliphatic rings. The summed E-state index contributed by atoms with van der Waals surface area (Å²) in [6.07, 6.45) is 0. The van der Waals surface area contributed by atoms with E-state index in [1.54, 1.807) is 0 Å². The largest absolute Gasteiger partial charge is 6.00 e. The minimum atomic E-state index is -5.39. The molecule has 0 N–H and O–H groups in total. The van der Waals surface area contributed by atoms with E-state index < -0.39 is 15.6 Å². The zero-order valence-electron chi connectivity index (χ0n) is 4.57. The van der Waals surface area contributed by atoms with Gasteiger partial charge in [0.2, 0.25) is 0 Å². The first-order chi connectivity index (χ1) is 4.00. The SMILES string of the molecule is O=P([O-])([O-])[O-].O=P([O-])([O-])[O-].[Mo+6]. The molecular formula is MoO8P2. The molecule has 0 aromatic heterocycles. The van der Waals surface area contributed by atoms with Crippen LogP contribution in [0, 0.1) is 0 Å². The Labute approximate surface area is 75.6 Å². The topological polar surface area (TPSA) is 172 Å². The summed E-state index contributed by atoms with van der Waals surface area (Å²) in [7, 11) is -10.8. The van der Waals surface area contributed by atoms with Crippen molar-refractivity contribution in [3.63, 3.8) is 0 Å². The second kappa shape index (κ2) is 6.43. The summed E-state index contributed by atoms with van der Waals surface area (Å²) in [6.45, 7) is 0. The Kier molecular flexibility index (Phi) is 10.4. The molecular weight excluding hydrogens is 286 g/mol. The summed E-state index contributed by atoms with van der Waals surface area (Å²) < 4.78 is 17.1. The molecule has 0 spiro atoms. The van der Waals surface area contributed by atoms with Crippen molar-refractivity contribution in [2.45, 2.75) is 0 Å². The summed E-state index contributed by atoms with van der Waals surface area (Å²) in [5.74, 6) is 0. The van der Waals surface area contributed by atoms with Gasteiger partial charge in [0.15, 0.2) is 0 Å². The van der Waals surface area contributed by atoms with Crippen molar-refractivity contribution in [3.8, 4) is 0 Å². The van der Waals surface area contributed by atoms with Crippen LogP contribution in [0.4, 0.5) is 0 Å². The fourth-order valence-corrected chi connectivity index (χ4v) is 0. The first-order valence-corrected chi connectivity index (χ1v) is 4.38. The van der Waals surface area contributed by atoms with E-state index in [1.807, 2.05) is 0 Å². The number of rotatable bonds is 0. The van der Waals surface area contributed by atoms with Crippen LogP contribution < -0.4 is 29.4 Å². The van der Waals surface area contributed by atoms with Gasteiger partial charge < -0.3 is 38.5 Å². The molecule has 0 aromatic carbocycles. The van der Waals surface area contributed by atoms with Crippen molar-refractivity contribution in [2.24, 2.45) is 0 Å². The third kappa shape index (κ3) is 1050. The van der Waals surface area contributed by atoms with E-state index in [2.05, 4.69) is 0 Å². The summed E-state index contributed by atoms with van der Waals surface area (Å²) in [5.41, 5.74) is 0. The Balaban J connectivity index is -0.000000107. The van der Waals surface area contributed by atoms with Gasteiger partial charge in [0.1, 0.15) is 0 Å². The fourth-order valence-electron chi connectivity index (χ4n) is 0. The van der Waals surface area contributed by atoms with E-state index in [0.29, 0.717) is 0 Å². The average molecular weight is 286 g/mol. The van der Waals surface area contributed by atoms with Crippen molar-refractivity contribution in [1.82, 2.24) is 0 Å². The van der Waals surface area contributed by atoms with Gasteiger partial charge >= 0.3 is 21.1 Å². The predicted octanol–water partition coefficient (Wildman–Crippen LogP) is -5.65. The first kappa shape index (κ1) is 17.9. The van der Waals surface area contributed by atoms with Crippen molar-refractivity contribution >= 4 is 15.6 Å². The van der Waals surface area contributed by atoms with Gasteiger partial charge in [-0.15, -0.1) is 0 Å². The molecule has 0 radical (unpaired) electrons. The van der Waals surface area contributed by atoms with Gasteiger partial charge in [-0.05, 0) is 0 Å². The quantitative estimate of drug-likeness (QED) is 0.313. The molecule has 11 heavy (non-hydrogen) atoms. The van der Waals surface area contributed by atoms with Gasteiger partial charge in [-0.2, -0.15) is 15.6 Å². The molecule has 0 saturated heterocycles. The zero-order valence-corrected chi connectivity index (χ0v) is 8.36. The smallest absolute Gasteiger partial charge is 0.822 e. The molecule has 0 fully saturated rings. The van der Waals surface area contributed by atoms with Crippen LogP contribution in [0.15, 0.2) is 0 Å². The maximum atomic E-state index is 8.55. The predicted molar refractivity (Wildman–Crippen MR) is 15.2 cm³/mol. The van der Waals surface area contributed by atoms with Crippen LogP contribution in [0.1, 0.15) is 0 Å². The monoisotopic (exact) mass is 288 g/mol. The Bertz CT molecular complexity index is 124. The zero-order chi connectivity index (χ0) is 9.00. The van der Waals surface area contributed by atoms with Gasteiger partial charge in [-0.1, -0.05) is 0 Å². The van der Waals surface area contributed by atoms with Crippen molar-refractivity contribution < 1.29 is 59.6 Å². The van der Waals surface area contributed by atoms with E-state index in [1.165, 1.54) is 0 Å². The van der Waals surface area contributed by atoms with Gasteiger partial charge in [0, 0.05) is 0 Å². The van der Waals surface area contributed by atoms with Crippen LogP contribution in [0.2, 0.25) is 0 Å². The molecule has 0 rings (SSSR count). The Morgan fingerprint density at radius 3 is 0.636 bits per heavy atom. The molecule has 0 saturated carbocycles. The van der Waals surface area contributed by atoms with Crippen LogP contribution in [0.5, 0.6) is 0 Å². The maximum Gasteiger partial charge on any atom is 6.00 e. The second-order valence-electron chi connectivity index (χ2n) is 0.894. The van der Waals surface area contributed by atoms with Crippen LogP contribution >= 0.6 is 15.6 Å². The molecule has 0 unspecified atom stereocenters. The third-order valence-corrected chi connectivity index (χ3v) is 0. The molecule has 0 amide bonds. The van der Waals surface area contributed by atoms with Gasteiger partial charge in [0.25, 0.3) is 0 Å². The van der Waals surface area contributed by atoms with Gasteiger partial charge in [-0.25, -0.2) is 0 Å². The number of hydrogen-bond donors (Lipinski definition) is 0. The molecule has 8 nitrogen and oxygen atoms in total. The van der Waals surface area contributed by atoms with E-state index >= 15 is 0 Å². The Morgan fingerprint density at radius 2 is 0.636 bits per heavy atom.